The maximum absolute atomic E-state index is 15.2. The maximum Gasteiger partial charge on any atom is 0.262 e. The van der Waals surface area contributed by atoms with E-state index in [-0.39, 0.29) is 41.2 Å². The topological polar surface area (TPSA) is 127 Å². The van der Waals surface area contributed by atoms with Crippen LogP contribution in [0, 0.1) is 19.7 Å². The van der Waals surface area contributed by atoms with Crippen molar-refractivity contribution in [1.82, 2.24) is 20.2 Å². The summed E-state index contributed by atoms with van der Waals surface area (Å²) >= 11 is 0. The summed E-state index contributed by atoms with van der Waals surface area (Å²) in [5.41, 5.74) is 4.71. The molecule has 11 nitrogen and oxygen atoms in total. The fourth-order valence-corrected chi connectivity index (χ4v) is 6.53. The minimum absolute atomic E-state index is 0.0589. The van der Waals surface area contributed by atoms with Gasteiger partial charge in [-0.05, 0) is 99.1 Å². The lowest BCUT2D eigenvalue weighted by atomic mass is 10.1. The van der Waals surface area contributed by atoms with Gasteiger partial charge in [-0.25, -0.2) is 9.37 Å². The van der Waals surface area contributed by atoms with Gasteiger partial charge in [0.15, 0.2) is 23.1 Å². The molecule has 12 heteroatoms. The van der Waals surface area contributed by atoms with E-state index in [1.54, 1.807) is 24.3 Å². The van der Waals surface area contributed by atoms with Crippen LogP contribution in [-0.4, -0.2) is 60.0 Å². The van der Waals surface area contributed by atoms with Crippen molar-refractivity contribution in [3.63, 3.8) is 0 Å². The number of hydrogen-bond donors (Lipinski definition) is 3. The quantitative estimate of drug-likeness (QED) is 0.0800. The third kappa shape index (κ3) is 11.0. The van der Waals surface area contributed by atoms with Crippen LogP contribution in [0.15, 0.2) is 91.1 Å². The Balaban J connectivity index is 1.18. The number of carbonyl (C=O) groups is 2. The molecule has 56 heavy (non-hydrogen) atoms. The normalized spacial score (nSPS) is 12.8. The predicted molar refractivity (Wildman–Crippen MR) is 216 cm³/mol. The van der Waals surface area contributed by atoms with Crippen molar-refractivity contribution in [1.29, 1.82) is 0 Å². The summed E-state index contributed by atoms with van der Waals surface area (Å²) in [6.07, 6.45) is 6.59. The van der Waals surface area contributed by atoms with Crippen LogP contribution in [0.3, 0.4) is 0 Å². The van der Waals surface area contributed by atoms with E-state index in [1.807, 2.05) is 68.4 Å². The Morgan fingerprint density at radius 2 is 1.62 bits per heavy atom. The lowest BCUT2D eigenvalue weighted by Gasteiger charge is -2.26. The predicted octanol–water partition coefficient (Wildman–Crippen LogP) is 8.53. The molecule has 1 aromatic heterocycles. The molecular formula is C44H49FN6O5. The number of aryl methyl sites for hydroxylation is 3. The van der Waals surface area contributed by atoms with Crippen LogP contribution < -0.4 is 30.2 Å². The zero-order valence-corrected chi connectivity index (χ0v) is 32.2. The van der Waals surface area contributed by atoms with Crippen molar-refractivity contribution >= 4 is 29.1 Å². The SMILES string of the molecule is COc1ccc(CCC(=O)NCc2ccccc2)cc1Oc1nc(Nc2ccc(OCCCN3CCCCC3)c(F)c2)ncc1C(=O)Nc1c(C)cccc1C. The van der Waals surface area contributed by atoms with Crippen molar-refractivity contribution in [2.45, 2.75) is 58.9 Å². The summed E-state index contributed by atoms with van der Waals surface area (Å²) in [5.74, 6) is -0.240. The molecule has 0 radical (unpaired) electrons. The van der Waals surface area contributed by atoms with Crippen LogP contribution in [0.2, 0.25) is 0 Å². The number of carbonyl (C=O) groups excluding carboxylic acids is 2. The first-order chi connectivity index (χ1) is 27.2. The number of para-hydroxylation sites is 1. The summed E-state index contributed by atoms with van der Waals surface area (Å²) in [7, 11) is 1.51. The minimum Gasteiger partial charge on any atom is -0.493 e. The molecule has 3 N–H and O–H groups in total. The van der Waals surface area contributed by atoms with Gasteiger partial charge < -0.3 is 35.1 Å². The summed E-state index contributed by atoms with van der Waals surface area (Å²) in [5, 5.41) is 8.96. The number of amides is 2. The lowest BCUT2D eigenvalue weighted by Crippen LogP contribution is -2.31. The third-order valence-electron chi connectivity index (χ3n) is 9.64. The number of anilines is 3. The first kappa shape index (κ1) is 39.7. The second-order valence-corrected chi connectivity index (χ2v) is 13.9. The molecule has 0 aliphatic carbocycles. The highest BCUT2D eigenvalue weighted by atomic mass is 19.1. The van der Waals surface area contributed by atoms with Crippen molar-refractivity contribution < 1.29 is 28.2 Å². The molecule has 0 unspecified atom stereocenters. The highest BCUT2D eigenvalue weighted by Gasteiger charge is 2.21. The van der Waals surface area contributed by atoms with E-state index in [0.717, 1.165) is 48.3 Å². The Hall–Kier alpha value is -6.01. The van der Waals surface area contributed by atoms with E-state index in [9.17, 15) is 9.59 Å². The van der Waals surface area contributed by atoms with Crippen LogP contribution >= 0.6 is 0 Å². The van der Waals surface area contributed by atoms with Gasteiger partial charge in [0.1, 0.15) is 5.56 Å². The Bertz CT molecular complexity index is 2090. The van der Waals surface area contributed by atoms with Crippen molar-refractivity contribution in [2.75, 3.05) is 44.0 Å². The third-order valence-corrected chi connectivity index (χ3v) is 9.64. The monoisotopic (exact) mass is 760 g/mol. The van der Waals surface area contributed by atoms with Gasteiger partial charge in [0.25, 0.3) is 5.91 Å². The molecular weight excluding hydrogens is 712 g/mol. The first-order valence-electron chi connectivity index (χ1n) is 19.1. The molecule has 4 aromatic carbocycles. The highest BCUT2D eigenvalue weighted by molar-refractivity contribution is 6.06. The van der Waals surface area contributed by atoms with E-state index in [1.165, 1.54) is 38.6 Å². The average molecular weight is 761 g/mol. The van der Waals surface area contributed by atoms with E-state index in [2.05, 4.69) is 30.8 Å². The summed E-state index contributed by atoms with van der Waals surface area (Å²) in [4.78, 5) is 37.9. The molecule has 0 atom stereocenters. The van der Waals surface area contributed by atoms with Gasteiger partial charge in [-0.3, -0.25) is 9.59 Å². The van der Waals surface area contributed by atoms with Crippen LogP contribution in [-0.2, 0) is 17.8 Å². The van der Waals surface area contributed by atoms with Crippen molar-refractivity contribution in [3.05, 3.63) is 125 Å². The van der Waals surface area contributed by atoms with Gasteiger partial charge in [-0.1, -0.05) is 61.0 Å². The average Bonchev–Trinajstić information content (AvgIpc) is 3.21. The highest BCUT2D eigenvalue weighted by Crippen LogP contribution is 2.35. The second kappa shape index (κ2) is 19.5. The lowest BCUT2D eigenvalue weighted by molar-refractivity contribution is -0.121. The number of ether oxygens (including phenoxy) is 3. The summed E-state index contributed by atoms with van der Waals surface area (Å²) in [6, 6.07) is 25.4. The number of methoxy groups -OCH3 is 1. The number of nitrogens with one attached hydrogen (secondary N) is 3. The fraction of sp³-hybridized carbons (Fsp3) is 0.318. The molecule has 1 aliphatic rings. The second-order valence-electron chi connectivity index (χ2n) is 13.9. The molecule has 2 heterocycles. The number of benzene rings is 4. The fourth-order valence-electron chi connectivity index (χ4n) is 6.53. The first-order valence-corrected chi connectivity index (χ1v) is 19.1. The molecule has 0 saturated carbocycles. The largest absolute Gasteiger partial charge is 0.493 e. The zero-order valence-electron chi connectivity index (χ0n) is 32.2. The van der Waals surface area contributed by atoms with Crippen LogP contribution in [0.25, 0.3) is 0 Å². The van der Waals surface area contributed by atoms with Gasteiger partial charge in [0.05, 0.1) is 13.7 Å². The standard InChI is InChI=1S/C44H49FN6O5/c1-30-12-10-13-31(2)41(30)49-42(53)35-29-47-44(48-34-18-20-37(36(45)27-34)55-25-11-24-51-22-8-5-9-23-51)50-43(35)56-39-26-32(16-19-38(39)54-3)17-21-40(52)46-28-33-14-6-4-7-15-33/h4,6-7,10,12-16,18-20,26-27,29H,5,8-9,11,17,21-25,28H2,1-3H3,(H,46,52)(H,49,53)(H,47,48,50). The number of aromatic nitrogens is 2. The smallest absolute Gasteiger partial charge is 0.262 e. The van der Waals surface area contributed by atoms with Crippen molar-refractivity contribution in [3.8, 4) is 23.1 Å². The van der Waals surface area contributed by atoms with Gasteiger partial charge in [-0.2, -0.15) is 4.98 Å². The molecule has 1 aliphatic heterocycles. The van der Waals surface area contributed by atoms with Crippen molar-refractivity contribution in [2.24, 2.45) is 0 Å². The Kier molecular flexibility index (Phi) is 13.8. The van der Waals surface area contributed by atoms with Gasteiger partial charge in [-0.15, -0.1) is 0 Å². The van der Waals surface area contributed by atoms with Crippen LogP contribution in [0.5, 0.6) is 23.1 Å². The number of likely N-dealkylation sites (tertiary alicyclic amines) is 1. The van der Waals surface area contributed by atoms with E-state index in [4.69, 9.17) is 14.2 Å². The number of piperidine rings is 1. The summed E-state index contributed by atoms with van der Waals surface area (Å²) in [6.45, 7) is 7.83. The minimum atomic E-state index is -0.524. The Labute approximate surface area is 327 Å². The van der Waals surface area contributed by atoms with E-state index >= 15 is 4.39 Å². The number of hydrogen-bond acceptors (Lipinski definition) is 9. The van der Waals surface area contributed by atoms with Crippen LogP contribution in [0.4, 0.5) is 21.7 Å². The number of rotatable bonds is 17. The number of nitrogens with zero attached hydrogens (tertiary/aromatic N) is 3. The molecule has 6 rings (SSSR count). The maximum atomic E-state index is 15.2. The Morgan fingerprint density at radius 1 is 0.857 bits per heavy atom. The molecule has 2 amide bonds. The van der Waals surface area contributed by atoms with Crippen LogP contribution in [0.1, 0.15) is 64.7 Å². The molecule has 0 bridgehead atoms. The van der Waals surface area contributed by atoms with E-state index in [0.29, 0.717) is 36.7 Å². The molecule has 5 aromatic rings. The molecule has 1 fully saturated rings. The molecule has 1 saturated heterocycles. The van der Waals surface area contributed by atoms with Gasteiger partial charge in [0.2, 0.25) is 17.7 Å². The van der Waals surface area contributed by atoms with Gasteiger partial charge in [0, 0.05) is 43.1 Å². The number of halogens is 1. The van der Waals surface area contributed by atoms with E-state index < -0.39 is 11.7 Å². The molecule has 292 valence electrons. The zero-order chi connectivity index (χ0) is 39.3. The van der Waals surface area contributed by atoms with Gasteiger partial charge >= 0.3 is 0 Å². The Morgan fingerprint density at radius 3 is 2.38 bits per heavy atom. The molecule has 0 spiro atoms. The summed E-state index contributed by atoms with van der Waals surface area (Å²) < 4.78 is 32.9.